The van der Waals surface area contributed by atoms with Crippen LogP contribution >= 0.6 is 0 Å². The van der Waals surface area contributed by atoms with Crippen LogP contribution in [0, 0.1) is 0 Å². The molecule has 0 aromatic carbocycles. The molecule has 1 rings (SSSR count). The maximum Gasteiger partial charge on any atom is 0.148 e. The van der Waals surface area contributed by atoms with Gasteiger partial charge in [-0.2, -0.15) is 4.59 Å². The van der Waals surface area contributed by atoms with Crippen molar-refractivity contribution >= 4 is 12.1 Å². The van der Waals surface area contributed by atoms with E-state index in [4.69, 9.17) is 0 Å². The molecule has 0 saturated heterocycles. The summed E-state index contributed by atoms with van der Waals surface area (Å²) in [5, 5.41) is 7.89. The summed E-state index contributed by atoms with van der Waals surface area (Å²) in [5.41, 5.74) is 1.07. The van der Waals surface area contributed by atoms with E-state index in [1.54, 1.807) is 0 Å². The van der Waals surface area contributed by atoms with E-state index >= 15 is 0 Å². The SMILES string of the molecule is CCCCCC[N+]1(C)C=C(NC(CC)=NC)C=N1. The zero-order chi connectivity index (χ0) is 13.4. The molecule has 0 fully saturated rings. The topological polar surface area (TPSA) is 36.8 Å². The van der Waals surface area contributed by atoms with Gasteiger partial charge in [0.05, 0.1) is 7.05 Å². The van der Waals surface area contributed by atoms with E-state index < -0.39 is 0 Å². The molecular formula is C14H27N4+. The highest BCUT2D eigenvalue weighted by Gasteiger charge is 2.24. The van der Waals surface area contributed by atoms with E-state index in [1.807, 2.05) is 13.3 Å². The van der Waals surface area contributed by atoms with Crippen LogP contribution in [0.25, 0.3) is 0 Å². The minimum atomic E-state index is 0.659. The fraction of sp³-hybridized carbons (Fsp3) is 0.714. The summed E-state index contributed by atoms with van der Waals surface area (Å²) in [4.78, 5) is 4.20. The summed E-state index contributed by atoms with van der Waals surface area (Å²) in [6.45, 7) is 5.41. The van der Waals surface area contributed by atoms with Gasteiger partial charge in [0.1, 0.15) is 30.5 Å². The van der Waals surface area contributed by atoms with E-state index in [1.165, 1.54) is 25.7 Å². The van der Waals surface area contributed by atoms with Crippen LogP contribution in [0.2, 0.25) is 0 Å². The maximum absolute atomic E-state index is 4.57. The predicted octanol–water partition coefficient (Wildman–Crippen LogP) is 2.88. The zero-order valence-electron chi connectivity index (χ0n) is 12.2. The zero-order valence-corrected chi connectivity index (χ0v) is 12.2. The van der Waals surface area contributed by atoms with Crippen LogP contribution in [0.3, 0.4) is 0 Å². The fourth-order valence-electron chi connectivity index (χ4n) is 2.07. The number of hydrogen-bond acceptors (Lipinski definition) is 2. The van der Waals surface area contributed by atoms with Crippen molar-refractivity contribution in [1.82, 2.24) is 5.32 Å². The molecule has 1 aliphatic heterocycles. The van der Waals surface area contributed by atoms with Crippen molar-refractivity contribution in [3.63, 3.8) is 0 Å². The van der Waals surface area contributed by atoms with Crippen LogP contribution in [-0.4, -0.2) is 37.3 Å². The van der Waals surface area contributed by atoms with Gasteiger partial charge < -0.3 is 5.32 Å². The molecule has 0 aromatic rings. The molecular weight excluding hydrogens is 224 g/mol. The first-order chi connectivity index (χ1) is 8.63. The van der Waals surface area contributed by atoms with Crippen molar-refractivity contribution in [2.45, 2.75) is 46.0 Å². The number of rotatable bonds is 7. The Bertz CT molecular complexity index is 344. The first-order valence-electron chi connectivity index (χ1n) is 7.00. The fourth-order valence-corrected chi connectivity index (χ4v) is 2.07. The average molecular weight is 251 g/mol. The predicted molar refractivity (Wildman–Crippen MR) is 78.6 cm³/mol. The van der Waals surface area contributed by atoms with Crippen molar-refractivity contribution in [2.75, 3.05) is 20.6 Å². The quantitative estimate of drug-likeness (QED) is 0.321. The van der Waals surface area contributed by atoms with E-state index in [-0.39, 0.29) is 0 Å². The molecule has 102 valence electrons. The van der Waals surface area contributed by atoms with Gasteiger partial charge in [-0.25, -0.2) is 0 Å². The van der Waals surface area contributed by atoms with Crippen molar-refractivity contribution in [2.24, 2.45) is 10.1 Å². The number of amidine groups is 1. The lowest BCUT2D eigenvalue weighted by Gasteiger charge is -2.19. The Hall–Kier alpha value is -1.16. The van der Waals surface area contributed by atoms with Crippen molar-refractivity contribution in [1.29, 1.82) is 0 Å². The molecule has 0 amide bonds. The number of quaternary nitrogens is 1. The van der Waals surface area contributed by atoms with Gasteiger partial charge in [-0.3, -0.25) is 4.99 Å². The Morgan fingerprint density at radius 2 is 2.11 bits per heavy atom. The van der Waals surface area contributed by atoms with Gasteiger partial charge in [-0.15, -0.1) is 0 Å². The smallest absolute Gasteiger partial charge is 0.148 e. The monoisotopic (exact) mass is 251 g/mol. The molecule has 1 unspecified atom stereocenters. The summed E-state index contributed by atoms with van der Waals surface area (Å²) < 4.78 is 0.659. The van der Waals surface area contributed by atoms with E-state index in [9.17, 15) is 0 Å². The number of unbranched alkanes of at least 4 members (excludes halogenated alkanes) is 3. The second-order valence-corrected chi connectivity index (χ2v) is 4.98. The third-order valence-electron chi connectivity index (χ3n) is 3.24. The van der Waals surface area contributed by atoms with Gasteiger partial charge in [0, 0.05) is 13.5 Å². The van der Waals surface area contributed by atoms with Gasteiger partial charge in [-0.1, -0.05) is 31.8 Å². The van der Waals surface area contributed by atoms with E-state index in [2.05, 4.69) is 42.5 Å². The summed E-state index contributed by atoms with van der Waals surface area (Å²) >= 11 is 0. The normalized spacial score (nSPS) is 23.3. The number of allylic oxidation sites excluding steroid dienone is 1. The lowest BCUT2D eigenvalue weighted by molar-refractivity contribution is -0.864. The van der Waals surface area contributed by atoms with Crippen LogP contribution in [0.5, 0.6) is 0 Å². The Kier molecular flexibility index (Phi) is 6.05. The molecule has 1 atom stereocenters. The van der Waals surface area contributed by atoms with Crippen LogP contribution in [0.15, 0.2) is 22.0 Å². The first-order valence-corrected chi connectivity index (χ1v) is 7.00. The Labute approximate surface area is 111 Å². The summed E-state index contributed by atoms with van der Waals surface area (Å²) in [6, 6.07) is 0. The van der Waals surface area contributed by atoms with Gasteiger partial charge >= 0.3 is 0 Å². The first kappa shape index (κ1) is 14.9. The van der Waals surface area contributed by atoms with Crippen LogP contribution < -0.4 is 5.32 Å². The van der Waals surface area contributed by atoms with Gasteiger partial charge in [0.2, 0.25) is 0 Å². The van der Waals surface area contributed by atoms with Crippen LogP contribution in [-0.2, 0) is 0 Å². The second-order valence-electron chi connectivity index (χ2n) is 4.98. The largest absolute Gasteiger partial charge is 0.338 e. The Morgan fingerprint density at radius 1 is 1.33 bits per heavy atom. The molecule has 1 N–H and O–H groups in total. The number of aliphatic imine (C=N–C) groups is 1. The molecule has 1 aliphatic rings. The molecule has 0 aliphatic carbocycles. The molecule has 4 heteroatoms. The van der Waals surface area contributed by atoms with Gasteiger partial charge in [0.15, 0.2) is 0 Å². The third kappa shape index (κ3) is 4.61. The lowest BCUT2D eigenvalue weighted by atomic mass is 10.2. The minimum absolute atomic E-state index is 0.659. The number of nitrogens with one attached hydrogen (secondary N) is 1. The number of nitrogens with zero attached hydrogens (tertiary/aromatic N) is 3. The van der Waals surface area contributed by atoms with Crippen LogP contribution in [0.1, 0.15) is 46.0 Å². The van der Waals surface area contributed by atoms with E-state index in [0.29, 0.717) is 4.59 Å². The molecule has 18 heavy (non-hydrogen) atoms. The van der Waals surface area contributed by atoms with Gasteiger partial charge in [0.25, 0.3) is 0 Å². The highest BCUT2D eigenvalue weighted by atomic mass is 15.6. The summed E-state index contributed by atoms with van der Waals surface area (Å²) in [7, 11) is 3.96. The molecule has 4 nitrogen and oxygen atoms in total. The third-order valence-corrected chi connectivity index (χ3v) is 3.24. The summed E-state index contributed by atoms with van der Waals surface area (Å²) in [6.07, 6.45) is 10.1. The second kappa shape index (κ2) is 7.31. The standard InChI is InChI=1S/C14H27N4/c1-5-7-8-9-10-18(4)12-13(11-16-18)17-14(6-2)15-3/h11-12H,5-10H2,1-4H3,(H,15,17)/q+1. The van der Waals surface area contributed by atoms with Crippen LogP contribution in [0.4, 0.5) is 0 Å². The minimum Gasteiger partial charge on any atom is -0.338 e. The highest BCUT2D eigenvalue weighted by molar-refractivity contribution is 5.90. The average Bonchev–Trinajstić information content (AvgIpc) is 2.74. The lowest BCUT2D eigenvalue weighted by Crippen LogP contribution is -2.32. The molecule has 1 heterocycles. The molecule has 0 radical (unpaired) electrons. The van der Waals surface area contributed by atoms with Gasteiger partial charge in [-0.05, 0) is 12.8 Å². The molecule has 0 saturated carbocycles. The molecule has 0 spiro atoms. The van der Waals surface area contributed by atoms with Crippen molar-refractivity contribution in [3.8, 4) is 0 Å². The Balaban J connectivity index is 2.46. The maximum atomic E-state index is 4.57. The highest BCUT2D eigenvalue weighted by Crippen LogP contribution is 2.16. The molecule has 0 aromatic heterocycles. The molecule has 0 bridgehead atoms. The van der Waals surface area contributed by atoms with Crippen molar-refractivity contribution < 1.29 is 4.59 Å². The Morgan fingerprint density at radius 3 is 2.72 bits per heavy atom. The van der Waals surface area contributed by atoms with Crippen molar-refractivity contribution in [3.05, 3.63) is 11.9 Å². The van der Waals surface area contributed by atoms with E-state index in [0.717, 1.165) is 24.5 Å². The summed E-state index contributed by atoms with van der Waals surface area (Å²) in [5.74, 6) is 1.01. The number of hydrogen-bond donors (Lipinski definition) is 1.